The first kappa shape index (κ1) is 11.4. The summed E-state index contributed by atoms with van der Waals surface area (Å²) in [6.45, 7) is 4.50. The first-order valence-corrected chi connectivity index (χ1v) is 6.21. The molecule has 3 unspecified atom stereocenters. The van der Waals surface area contributed by atoms with Crippen molar-refractivity contribution in [3.63, 3.8) is 0 Å². The summed E-state index contributed by atoms with van der Waals surface area (Å²) in [6, 6.07) is 0. The molecule has 2 saturated heterocycles. The minimum Gasteiger partial charge on any atom is -0.396 e. The molecule has 0 radical (unpaired) electrons. The topological polar surface area (TPSA) is 41.5 Å². The van der Waals surface area contributed by atoms with Gasteiger partial charge in [-0.1, -0.05) is 0 Å². The summed E-state index contributed by atoms with van der Waals surface area (Å²) in [5, 5.41) is 13.0. The van der Waals surface area contributed by atoms with Gasteiger partial charge in [-0.05, 0) is 45.6 Å². The Balaban J connectivity index is 1.89. The Morgan fingerprint density at radius 3 is 2.87 bits per heavy atom. The van der Waals surface area contributed by atoms with Gasteiger partial charge in [0.05, 0.1) is 18.8 Å². The van der Waals surface area contributed by atoms with E-state index in [0.717, 1.165) is 25.9 Å². The smallest absolute Gasteiger partial charge is 0.0586 e. The lowest BCUT2D eigenvalue weighted by Crippen LogP contribution is -2.44. The monoisotopic (exact) mass is 213 g/mol. The van der Waals surface area contributed by atoms with E-state index in [-0.39, 0.29) is 5.41 Å². The van der Waals surface area contributed by atoms with Crippen LogP contribution in [-0.2, 0) is 4.74 Å². The fraction of sp³-hybridized carbons (Fsp3) is 1.00. The first-order valence-electron chi connectivity index (χ1n) is 6.21. The highest BCUT2D eigenvalue weighted by molar-refractivity contribution is 4.89. The molecule has 0 saturated carbocycles. The van der Waals surface area contributed by atoms with Gasteiger partial charge in [0.15, 0.2) is 0 Å². The number of ether oxygens (including phenoxy) is 1. The minimum absolute atomic E-state index is 0.0903. The molecule has 0 bridgehead atoms. The zero-order valence-corrected chi connectivity index (χ0v) is 9.67. The zero-order valence-electron chi connectivity index (χ0n) is 9.67. The lowest BCUT2D eigenvalue weighted by molar-refractivity contribution is -0.00576. The van der Waals surface area contributed by atoms with E-state index in [1.54, 1.807) is 0 Å². The largest absolute Gasteiger partial charge is 0.396 e. The van der Waals surface area contributed by atoms with E-state index in [9.17, 15) is 5.11 Å². The van der Waals surface area contributed by atoms with Gasteiger partial charge in [0, 0.05) is 12.0 Å². The molecule has 3 heteroatoms. The standard InChI is InChI=1S/C12H23NO2/c1-10-3-4-11(15-10)7-12(9-14)5-2-6-13-8-12/h10-11,13-14H,2-9H2,1H3. The molecule has 2 heterocycles. The van der Waals surface area contributed by atoms with Crippen molar-refractivity contribution in [2.24, 2.45) is 5.41 Å². The van der Waals surface area contributed by atoms with Gasteiger partial charge in [0.1, 0.15) is 0 Å². The fourth-order valence-corrected chi connectivity index (χ4v) is 2.92. The average Bonchev–Trinajstić information content (AvgIpc) is 2.65. The van der Waals surface area contributed by atoms with Crippen LogP contribution in [0.3, 0.4) is 0 Å². The molecule has 2 fully saturated rings. The molecule has 2 aliphatic heterocycles. The molecule has 3 nitrogen and oxygen atoms in total. The van der Waals surface area contributed by atoms with Crippen LogP contribution in [0.15, 0.2) is 0 Å². The molecule has 2 N–H and O–H groups in total. The highest BCUT2D eigenvalue weighted by Gasteiger charge is 2.36. The van der Waals surface area contributed by atoms with Crippen molar-refractivity contribution in [2.45, 2.75) is 51.2 Å². The normalized spacial score (nSPS) is 42.0. The van der Waals surface area contributed by atoms with Crippen LogP contribution < -0.4 is 5.32 Å². The quantitative estimate of drug-likeness (QED) is 0.742. The summed E-state index contributed by atoms with van der Waals surface area (Å²) in [7, 11) is 0. The van der Waals surface area contributed by atoms with E-state index in [4.69, 9.17) is 4.74 Å². The molecule has 88 valence electrons. The molecule has 0 amide bonds. The van der Waals surface area contributed by atoms with Crippen LogP contribution in [0, 0.1) is 5.41 Å². The number of piperidine rings is 1. The van der Waals surface area contributed by atoms with E-state index in [2.05, 4.69) is 12.2 Å². The summed E-state index contributed by atoms with van der Waals surface area (Å²) in [5.41, 5.74) is 0.0903. The van der Waals surface area contributed by atoms with Gasteiger partial charge in [-0.25, -0.2) is 0 Å². The zero-order chi connectivity index (χ0) is 10.7. The van der Waals surface area contributed by atoms with Gasteiger partial charge in [-0.2, -0.15) is 0 Å². The molecule has 0 spiro atoms. The van der Waals surface area contributed by atoms with Gasteiger partial charge < -0.3 is 15.2 Å². The highest BCUT2D eigenvalue weighted by atomic mass is 16.5. The van der Waals surface area contributed by atoms with E-state index in [1.807, 2.05) is 0 Å². The fourth-order valence-electron chi connectivity index (χ4n) is 2.92. The van der Waals surface area contributed by atoms with Crippen molar-refractivity contribution in [3.05, 3.63) is 0 Å². The van der Waals surface area contributed by atoms with E-state index in [1.165, 1.54) is 19.3 Å². The summed E-state index contributed by atoms with van der Waals surface area (Å²) in [5.74, 6) is 0. The molecule has 2 aliphatic rings. The van der Waals surface area contributed by atoms with E-state index >= 15 is 0 Å². The molecular weight excluding hydrogens is 190 g/mol. The Bertz CT molecular complexity index is 202. The Kier molecular flexibility index (Phi) is 3.65. The van der Waals surface area contributed by atoms with Crippen LogP contribution in [0.2, 0.25) is 0 Å². The molecule has 2 rings (SSSR count). The Morgan fingerprint density at radius 1 is 1.47 bits per heavy atom. The van der Waals surface area contributed by atoms with Crippen LogP contribution in [0.4, 0.5) is 0 Å². The van der Waals surface area contributed by atoms with Gasteiger partial charge in [0.2, 0.25) is 0 Å². The summed E-state index contributed by atoms with van der Waals surface area (Å²) in [4.78, 5) is 0. The summed E-state index contributed by atoms with van der Waals surface area (Å²) >= 11 is 0. The number of rotatable bonds is 3. The van der Waals surface area contributed by atoms with Crippen molar-refractivity contribution in [1.82, 2.24) is 5.32 Å². The maximum Gasteiger partial charge on any atom is 0.0586 e. The number of nitrogens with one attached hydrogen (secondary N) is 1. The van der Waals surface area contributed by atoms with Crippen molar-refractivity contribution < 1.29 is 9.84 Å². The average molecular weight is 213 g/mol. The lowest BCUT2D eigenvalue weighted by atomic mass is 9.76. The van der Waals surface area contributed by atoms with Gasteiger partial charge in [-0.3, -0.25) is 0 Å². The van der Waals surface area contributed by atoms with Crippen molar-refractivity contribution in [3.8, 4) is 0 Å². The maximum atomic E-state index is 9.57. The Hall–Kier alpha value is -0.120. The minimum atomic E-state index is 0.0903. The Labute approximate surface area is 92.2 Å². The Morgan fingerprint density at radius 2 is 2.33 bits per heavy atom. The second-order valence-corrected chi connectivity index (χ2v) is 5.29. The van der Waals surface area contributed by atoms with Crippen LogP contribution in [0.25, 0.3) is 0 Å². The third-order valence-corrected chi connectivity index (χ3v) is 3.88. The predicted molar refractivity (Wildman–Crippen MR) is 59.8 cm³/mol. The SMILES string of the molecule is CC1CCC(CC2(CO)CCCNC2)O1. The van der Waals surface area contributed by atoms with Gasteiger partial charge >= 0.3 is 0 Å². The number of hydrogen-bond acceptors (Lipinski definition) is 3. The number of hydrogen-bond donors (Lipinski definition) is 2. The lowest BCUT2D eigenvalue weighted by Gasteiger charge is -2.37. The second kappa shape index (κ2) is 4.81. The third kappa shape index (κ3) is 2.71. The van der Waals surface area contributed by atoms with Gasteiger partial charge in [-0.15, -0.1) is 0 Å². The number of aliphatic hydroxyl groups excluding tert-OH is 1. The number of aliphatic hydroxyl groups is 1. The van der Waals surface area contributed by atoms with Crippen molar-refractivity contribution in [2.75, 3.05) is 19.7 Å². The van der Waals surface area contributed by atoms with Crippen LogP contribution >= 0.6 is 0 Å². The first-order chi connectivity index (χ1) is 7.24. The van der Waals surface area contributed by atoms with E-state index in [0.29, 0.717) is 18.8 Å². The van der Waals surface area contributed by atoms with E-state index < -0.39 is 0 Å². The van der Waals surface area contributed by atoms with Crippen molar-refractivity contribution >= 4 is 0 Å². The second-order valence-electron chi connectivity index (χ2n) is 5.29. The maximum absolute atomic E-state index is 9.57. The highest BCUT2D eigenvalue weighted by Crippen LogP contribution is 2.35. The molecule has 0 aromatic carbocycles. The third-order valence-electron chi connectivity index (χ3n) is 3.88. The van der Waals surface area contributed by atoms with Crippen LogP contribution in [0.5, 0.6) is 0 Å². The molecule has 0 aliphatic carbocycles. The molecule has 3 atom stereocenters. The summed E-state index contributed by atoms with van der Waals surface area (Å²) < 4.78 is 5.85. The molecule has 0 aromatic rings. The van der Waals surface area contributed by atoms with Crippen LogP contribution in [-0.4, -0.2) is 37.0 Å². The van der Waals surface area contributed by atoms with Crippen molar-refractivity contribution in [1.29, 1.82) is 0 Å². The predicted octanol–water partition coefficient (Wildman–Crippen LogP) is 1.31. The molecule has 15 heavy (non-hydrogen) atoms. The van der Waals surface area contributed by atoms with Gasteiger partial charge in [0.25, 0.3) is 0 Å². The van der Waals surface area contributed by atoms with Crippen LogP contribution in [0.1, 0.15) is 39.0 Å². The molecular formula is C12H23NO2. The summed E-state index contributed by atoms with van der Waals surface area (Å²) in [6.07, 6.45) is 6.51. The molecule has 0 aromatic heterocycles.